The van der Waals surface area contributed by atoms with Crippen LogP contribution in [-0.2, 0) is 24.6 Å². The highest BCUT2D eigenvalue weighted by molar-refractivity contribution is 4.84. The van der Waals surface area contributed by atoms with E-state index in [9.17, 15) is 14.4 Å². The van der Waals surface area contributed by atoms with Crippen molar-refractivity contribution in [3.8, 4) is 0 Å². The Morgan fingerprint density at radius 1 is 0.944 bits per heavy atom. The molecule has 1 aromatic rings. The third kappa shape index (κ3) is 2.40. The highest BCUT2D eigenvalue weighted by atomic mass is 16.5. The molecule has 0 atom stereocenters. The number of nitrogens with zero attached hydrogens (tertiary/aromatic N) is 3. The van der Waals surface area contributed by atoms with Gasteiger partial charge in [-0.1, -0.05) is 12.2 Å². The molecule has 0 bridgehead atoms. The Bertz CT molecular complexity index is 572. The lowest BCUT2D eigenvalue weighted by atomic mass is 10.5. The quantitative estimate of drug-likeness (QED) is 0.619. The monoisotopic (exact) mass is 253 g/mol. The molecule has 7 heteroatoms. The smallest absolute Gasteiger partial charge is 0.338 e. The zero-order valence-corrected chi connectivity index (χ0v) is 10.2. The molecule has 7 nitrogen and oxygen atoms in total. The Morgan fingerprint density at radius 2 is 1.33 bits per heavy atom. The SMILES string of the molecule is C=CCn1c(=O)n(CC=C)c(=O)n(COC)c1=O. The summed E-state index contributed by atoms with van der Waals surface area (Å²) in [7, 11) is 1.35. The molecule has 0 unspecified atom stereocenters. The fourth-order valence-corrected chi connectivity index (χ4v) is 1.49. The van der Waals surface area contributed by atoms with Crippen LogP contribution in [0.1, 0.15) is 0 Å². The van der Waals surface area contributed by atoms with Gasteiger partial charge in [-0.2, -0.15) is 0 Å². The number of rotatable bonds is 6. The van der Waals surface area contributed by atoms with Crippen molar-refractivity contribution < 1.29 is 4.74 Å². The predicted octanol–water partition coefficient (Wildman–Crippen LogP) is -0.852. The molecular weight excluding hydrogens is 238 g/mol. The van der Waals surface area contributed by atoms with E-state index >= 15 is 0 Å². The lowest BCUT2D eigenvalue weighted by Gasteiger charge is -2.11. The van der Waals surface area contributed by atoms with Gasteiger partial charge in [-0.25, -0.2) is 28.1 Å². The summed E-state index contributed by atoms with van der Waals surface area (Å²) >= 11 is 0. The minimum Gasteiger partial charge on any atom is -0.364 e. The van der Waals surface area contributed by atoms with Crippen LogP contribution in [0.15, 0.2) is 39.7 Å². The van der Waals surface area contributed by atoms with Crippen LogP contribution in [0.5, 0.6) is 0 Å². The molecule has 0 saturated heterocycles. The molecule has 98 valence electrons. The number of methoxy groups -OCH3 is 1. The van der Waals surface area contributed by atoms with Crippen molar-refractivity contribution in [1.82, 2.24) is 13.7 Å². The Kier molecular flexibility index (Phi) is 4.61. The molecular formula is C11H15N3O4. The van der Waals surface area contributed by atoms with Crippen molar-refractivity contribution in [1.29, 1.82) is 0 Å². The summed E-state index contributed by atoms with van der Waals surface area (Å²) in [6.45, 7) is 6.77. The summed E-state index contributed by atoms with van der Waals surface area (Å²) < 4.78 is 7.45. The standard InChI is InChI=1S/C11H15N3O4/c1-4-6-12-9(15)13(7-5-2)11(17)14(8-18-3)10(12)16/h4-5H,1-2,6-8H2,3H3. The van der Waals surface area contributed by atoms with Gasteiger partial charge in [0.15, 0.2) is 0 Å². The van der Waals surface area contributed by atoms with Crippen LogP contribution >= 0.6 is 0 Å². The van der Waals surface area contributed by atoms with Crippen LogP contribution in [0, 0.1) is 0 Å². The molecule has 0 aliphatic carbocycles. The second kappa shape index (κ2) is 5.97. The third-order valence-corrected chi connectivity index (χ3v) is 2.27. The van der Waals surface area contributed by atoms with E-state index < -0.39 is 17.1 Å². The summed E-state index contributed by atoms with van der Waals surface area (Å²) in [4.78, 5) is 35.7. The van der Waals surface area contributed by atoms with Crippen molar-refractivity contribution >= 4 is 0 Å². The minimum atomic E-state index is -0.716. The van der Waals surface area contributed by atoms with Gasteiger partial charge in [-0.05, 0) is 0 Å². The summed E-state index contributed by atoms with van der Waals surface area (Å²) in [5.41, 5.74) is -2.11. The average Bonchev–Trinajstić information content (AvgIpc) is 2.35. The van der Waals surface area contributed by atoms with E-state index in [4.69, 9.17) is 4.74 Å². The Hall–Kier alpha value is -2.15. The Labute approximate surface area is 103 Å². The lowest BCUT2D eigenvalue weighted by Crippen LogP contribution is -2.54. The molecule has 1 heterocycles. The molecule has 0 aliphatic rings. The van der Waals surface area contributed by atoms with E-state index in [1.165, 1.54) is 19.3 Å². The molecule has 0 aliphatic heterocycles. The molecule has 0 aromatic carbocycles. The normalized spacial score (nSPS) is 10.3. The van der Waals surface area contributed by atoms with Gasteiger partial charge >= 0.3 is 17.1 Å². The highest BCUT2D eigenvalue weighted by Crippen LogP contribution is 1.79. The molecule has 1 rings (SSSR count). The maximum absolute atomic E-state index is 11.9. The van der Waals surface area contributed by atoms with Crippen molar-refractivity contribution in [3.05, 3.63) is 56.8 Å². The van der Waals surface area contributed by atoms with Gasteiger partial charge in [0.25, 0.3) is 0 Å². The molecule has 0 saturated carbocycles. The second-order valence-electron chi connectivity index (χ2n) is 3.49. The van der Waals surface area contributed by atoms with E-state index in [1.54, 1.807) is 0 Å². The number of hydrogen-bond acceptors (Lipinski definition) is 4. The summed E-state index contributed by atoms with van der Waals surface area (Å²) in [6, 6.07) is 0. The number of aromatic nitrogens is 3. The first-order chi connectivity index (χ1) is 8.58. The first-order valence-corrected chi connectivity index (χ1v) is 5.23. The van der Waals surface area contributed by atoms with Crippen LogP contribution in [-0.4, -0.2) is 20.8 Å². The van der Waals surface area contributed by atoms with Crippen LogP contribution in [0.2, 0.25) is 0 Å². The van der Waals surface area contributed by atoms with Gasteiger partial charge in [0.2, 0.25) is 0 Å². The van der Waals surface area contributed by atoms with E-state index in [0.717, 1.165) is 13.7 Å². The zero-order valence-electron chi connectivity index (χ0n) is 10.2. The Balaban J connectivity index is 3.69. The van der Waals surface area contributed by atoms with E-state index in [0.29, 0.717) is 0 Å². The third-order valence-electron chi connectivity index (χ3n) is 2.27. The molecule has 0 fully saturated rings. The zero-order chi connectivity index (χ0) is 13.7. The van der Waals surface area contributed by atoms with Crippen molar-refractivity contribution in [2.24, 2.45) is 0 Å². The van der Waals surface area contributed by atoms with Gasteiger partial charge in [0, 0.05) is 7.11 Å². The summed E-state index contributed by atoms with van der Waals surface area (Å²) in [5, 5.41) is 0. The first kappa shape index (κ1) is 13.9. The van der Waals surface area contributed by atoms with Crippen molar-refractivity contribution in [2.45, 2.75) is 19.8 Å². The maximum atomic E-state index is 11.9. The number of hydrogen-bond donors (Lipinski definition) is 0. The van der Waals surface area contributed by atoms with Crippen LogP contribution in [0.25, 0.3) is 0 Å². The van der Waals surface area contributed by atoms with Gasteiger partial charge in [-0.3, -0.25) is 0 Å². The molecule has 0 amide bonds. The summed E-state index contributed by atoms with van der Waals surface area (Å²) in [5.74, 6) is 0. The maximum Gasteiger partial charge on any atom is 0.338 e. The van der Waals surface area contributed by atoms with Crippen LogP contribution in [0.3, 0.4) is 0 Å². The lowest BCUT2D eigenvalue weighted by molar-refractivity contribution is 0.118. The number of ether oxygens (including phenoxy) is 1. The second-order valence-corrected chi connectivity index (χ2v) is 3.49. The van der Waals surface area contributed by atoms with E-state index in [-0.39, 0.29) is 19.8 Å². The highest BCUT2D eigenvalue weighted by Gasteiger charge is 2.13. The largest absolute Gasteiger partial charge is 0.364 e. The fourth-order valence-electron chi connectivity index (χ4n) is 1.49. The van der Waals surface area contributed by atoms with E-state index in [1.807, 2.05) is 0 Å². The fraction of sp³-hybridized carbons (Fsp3) is 0.364. The molecule has 0 radical (unpaired) electrons. The molecule has 0 spiro atoms. The average molecular weight is 253 g/mol. The van der Waals surface area contributed by atoms with Gasteiger partial charge in [0.1, 0.15) is 6.73 Å². The van der Waals surface area contributed by atoms with Crippen LogP contribution < -0.4 is 17.1 Å². The van der Waals surface area contributed by atoms with Gasteiger partial charge in [0.05, 0.1) is 13.1 Å². The first-order valence-electron chi connectivity index (χ1n) is 5.23. The Morgan fingerprint density at radius 3 is 1.67 bits per heavy atom. The number of allylic oxidation sites excluding steroid dienone is 2. The summed E-state index contributed by atoms with van der Waals surface area (Å²) in [6.07, 6.45) is 2.81. The molecule has 18 heavy (non-hydrogen) atoms. The molecule has 0 N–H and O–H groups in total. The molecule has 1 aromatic heterocycles. The predicted molar refractivity (Wildman–Crippen MR) is 66.6 cm³/mol. The van der Waals surface area contributed by atoms with E-state index in [2.05, 4.69) is 13.2 Å². The van der Waals surface area contributed by atoms with Gasteiger partial charge in [-0.15, -0.1) is 13.2 Å². The van der Waals surface area contributed by atoms with Gasteiger partial charge < -0.3 is 4.74 Å². The topological polar surface area (TPSA) is 75.2 Å². The van der Waals surface area contributed by atoms with Crippen molar-refractivity contribution in [3.63, 3.8) is 0 Å². The van der Waals surface area contributed by atoms with Crippen molar-refractivity contribution in [2.75, 3.05) is 7.11 Å². The van der Waals surface area contributed by atoms with Crippen LogP contribution in [0.4, 0.5) is 0 Å². The minimum absolute atomic E-state index is 0.0266.